The molecule has 1 atom stereocenters. The topological polar surface area (TPSA) is 37.4 Å². The smallest absolute Gasteiger partial charge is 0.142 e. The third-order valence-corrected chi connectivity index (χ3v) is 4.91. The number of nitrogens with zero attached hydrogens (tertiary/aromatic N) is 2. The second-order valence-corrected chi connectivity index (χ2v) is 7.50. The zero-order valence-electron chi connectivity index (χ0n) is 14.6. The van der Waals surface area contributed by atoms with Crippen molar-refractivity contribution < 1.29 is 9.13 Å². The van der Waals surface area contributed by atoms with Crippen molar-refractivity contribution in [3.05, 3.63) is 54.1 Å². The van der Waals surface area contributed by atoms with Crippen LogP contribution >= 0.6 is 11.9 Å². The van der Waals surface area contributed by atoms with Gasteiger partial charge in [0.25, 0.3) is 0 Å². The number of nitrogens with one attached hydrogen (secondary N) is 1. The van der Waals surface area contributed by atoms with Crippen molar-refractivity contribution in [1.29, 1.82) is 0 Å². The van der Waals surface area contributed by atoms with Crippen molar-refractivity contribution >= 4 is 11.9 Å². The minimum atomic E-state index is -0.301. The molecule has 6 heteroatoms. The van der Waals surface area contributed by atoms with E-state index in [1.54, 1.807) is 6.20 Å². The summed E-state index contributed by atoms with van der Waals surface area (Å²) in [6, 6.07) is 10.2. The zero-order valence-corrected chi connectivity index (χ0v) is 15.4. The third kappa shape index (κ3) is 5.70. The molecule has 2 aromatic rings. The Kier molecular flexibility index (Phi) is 6.29. The van der Waals surface area contributed by atoms with E-state index in [0.29, 0.717) is 6.04 Å². The highest BCUT2D eigenvalue weighted by molar-refractivity contribution is 7.97. The number of pyridine rings is 1. The summed E-state index contributed by atoms with van der Waals surface area (Å²) < 4.78 is 22.2. The minimum Gasteiger partial charge on any atom is -0.491 e. The molecule has 0 unspecified atom stereocenters. The largest absolute Gasteiger partial charge is 0.491 e. The van der Waals surface area contributed by atoms with Crippen LogP contribution in [0.2, 0.25) is 0 Å². The lowest BCUT2D eigenvalue weighted by Gasteiger charge is -2.17. The minimum absolute atomic E-state index is 0.196. The molecule has 1 N–H and O–H groups in total. The van der Waals surface area contributed by atoms with Crippen LogP contribution in [0.3, 0.4) is 0 Å². The standard InChI is InChI=1S/C19H24FN3OS/c1-14(2)24-18-5-3-15(4-6-18)12-23-8-7-17(13-23)22-25-19-9-16(20)10-21-11-19/h3-6,9-11,14,17,22H,7-8,12-13H2,1-2H3/t17-/m1/s1. The highest BCUT2D eigenvalue weighted by atomic mass is 32.2. The van der Waals surface area contributed by atoms with E-state index in [2.05, 4.69) is 26.7 Å². The van der Waals surface area contributed by atoms with Crippen LogP contribution in [-0.4, -0.2) is 35.1 Å². The number of hydrogen-bond donors (Lipinski definition) is 1. The lowest BCUT2D eigenvalue weighted by atomic mass is 10.2. The number of ether oxygens (including phenoxy) is 1. The molecule has 3 rings (SSSR count). The molecular formula is C19H24FN3OS. The fourth-order valence-corrected chi connectivity index (χ4v) is 3.66. The fourth-order valence-electron chi connectivity index (χ4n) is 2.88. The Morgan fingerprint density at radius 3 is 2.84 bits per heavy atom. The van der Waals surface area contributed by atoms with E-state index < -0.39 is 0 Å². The van der Waals surface area contributed by atoms with Crippen LogP contribution in [0.5, 0.6) is 5.75 Å². The highest BCUT2D eigenvalue weighted by Crippen LogP contribution is 2.21. The first-order valence-electron chi connectivity index (χ1n) is 8.59. The Hall–Kier alpha value is -1.63. The third-order valence-electron chi connectivity index (χ3n) is 4.00. The Labute approximate surface area is 152 Å². The van der Waals surface area contributed by atoms with Crippen LogP contribution in [0, 0.1) is 5.82 Å². The van der Waals surface area contributed by atoms with E-state index in [1.165, 1.54) is 29.8 Å². The Balaban J connectivity index is 1.45. The summed E-state index contributed by atoms with van der Waals surface area (Å²) in [5.74, 6) is 0.615. The van der Waals surface area contributed by atoms with Crippen molar-refractivity contribution in [1.82, 2.24) is 14.6 Å². The van der Waals surface area contributed by atoms with Crippen molar-refractivity contribution in [2.24, 2.45) is 0 Å². The van der Waals surface area contributed by atoms with E-state index in [4.69, 9.17) is 4.74 Å². The summed E-state index contributed by atoms with van der Waals surface area (Å²) in [6.45, 7) is 7.04. The monoisotopic (exact) mass is 361 g/mol. The molecule has 134 valence electrons. The SMILES string of the molecule is CC(C)Oc1ccc(CN2CC[C@@H](NSc3cncc(F)c3)C2)cc1. The van der Waals surface area contributed by atoms with Gasteiger partial charge in [-0.3, -0.25) is 14.6 Å². The van der Waals surface area contributed by atoms with Gasteiger partial charge in [-0.2, -0.15) is 0 Å². The molecule has 0 aliphatic carbocycles. The lowest BCUT2D eigenvalue weighted by Crippen LogP contribution is -2.28. The van der Waals surface area contributed by atoms with Gasteiger partial charge in [0.1, 0.15) is 11.6 Å². The molecule has 1 aliphatic heterocycles. The molecular weight excluding hydrogens is 337 g/mol. The maximum atomic E-state index is 13.1. The van der Waals surface area contributed by atoms with Crippen LogP contribution in [0.1, 0.15) is 25.8 Å². The number of rotatable bonds is 7. The number of aromatic nitrogens is 1. The maximum absolute atomic E-state index is 13.1. The van der Waals surface area contributed by atoms with Gasteiger partial charge in [0.05, 0.1) is 12.3 Å². The van der Waals surface area contributed by atoms with Crippen LogP contribution in [0.15, 0.2) is 47.6 Å². The van der Waals surface area contributed by atoms with Crippen LogP contribution in [-0.2, 0) is 6.54 Å². The van der Waals surface area contributed by atoms with E-state index in [1.807, 2.05) is 26.0 Å². The van der Waals surface area contributed by atoms with E-state index in [9.17, 15) is 4.39 Å². The molecule has 1 aliphatic rings. The molecule has 0 saturated carbocycles. The zero-order chi connectivity index (χ0) is 17.6. The summed E-state index contributed by atoms with van der Waals surface area (Å²) in [7, 11) is 0. The van der Waals surface area contributed by atoms with Gasteiger partial charge in [-0.25, -0.2) is 4.39 Å². The average Bonchev–Trinajstić information content (AvgIpc) is 3.02. The summed E-state index contributed by atoms with van der Waals surface area (Å²) in [5.41, 5.74) is 1.29. The maximum Gasteiger partial charge on any atom is 0.142 e. The number of halogens is 1. The quantitative estimate of drug-likeness (QED) is 0.758. The Morgan fingerprint density at radius 1 is 1.32 bits per heavy atom. The molecule has 1 aromatic carbocycles. The molecule has 1 saturated heterocycles. The molecule has 0 bridgehead atoms. The fraction of sp³-hybridized carbons (Fsp3) is 0.421. The van der Waals surface area contributed by atoms with Crippen molar-refractivity contribution in [2.45, 2.75) is 43.9 Å². The normalized spacial score (nSPS) is 18.0. The van der Waals surface area contributed by atoms with Gasteiger partial charge in [-0.1, -0.05) is 12.1 Å². The van der Waals surface area contributed by atoms with Crippen LogP contribution < -0.4 is 9.46 Å². The van der Waals surface area contributed by atoms with Gasteiger partial charge >= 0.3 is 0 Å². The van der Waals surface area contributed by atoms with Gasteiger partial charge in [-0.05, 0) is 56.0 Å². The van der Waals surface area contributed by atoms with Crippen molar-refractivity contribution in [2.75, 3.05) is 13.1 Å². The summed E-state index contributed by atoms with van der Waals surface area (Å²) >= 11 is 1.45. The highest BCUT2D eigenvalue weighted by Gasteiger charge is 2.22. The Morgan fingerprint density at radius 2 is 2.12 bits per heavy atom. The van der Waals surface area contributed by atoms with E-state index >= 15 is 0 Å². The molecule has 4 nitrogen and oxygen atoms in total. The van der Waals surface area contributed by atoms with Gasteiger partial charge in [0.15, 0.2) is 0 Å². The van der Waals surface area contributed by atoms with Crippen LogP contribution in [0.4, 0.5) is 4.39 Å². The summed E-state index contributed by atoms with van der Waals surface area (Å²) in [4.78, 5) is 7.10. The molecule has 2 heterocycles. The molecule has 1 fully saturated rings. The second kappa shape index (κ2) is 8.65. The predicted molar refractivity (Wildman–Crippen MR) is 99.1 cm³/mol. The first-order chi connectivity index (χ1) is 12.1. The van der Waals surface area contributed by atoms with Gasteiger partial charge in [-0.15, -0.1) is 0 Å². The molecule has 0 spiro atoms. The molecule has 1 aromatic heterocycles. The molecule has 0 radical (unpaired) electrons. The summed E-state index contributed by atoms with van der Waals surface area (Å²) in [5, 5.41) is 0. The molecule has 0 amide bonds. The average molecular weight is 361 g/mol. The lowest BCUT2D eigenvalue weighted by molar-refractivity contribution is 0.242. The van der Waals surface area contributed by atoms with E-state index in [0.717, 1.165) is 36.7 Å². The van der Waals surface area contributed by atoms with Gasteiger partial charge in [0.2, 0.25) is 0 Å². The predicted octanol–water partition coefficient (Wildman–Crippen LogP) is 3.88. The first kappa shape index (κ1) is 18.2. The van der Waals surface area contributed by atoms with Gasteiger partial charge < -0.3 is 4.74 Å². The van der Waals surface area contributed by atoms with E-state index in [-0.39, 0.29) is 11.9 Å². The van der Waals surface area contributed by atoms with Crippen molar-refractivity contribution in [3.8, 4) is 5.75 Å². The van der Waals surface area contributed by atoms with Crippen molar-refractivity contribution in [3.63, 3.8) is 0 Å². The second-order valence-electron chi connectivity index (χ2n) is 6.59. The Bertz CT molecular complexity index is 681. The number of benzene rings is 1. The number of likely N-dealkylation sites (tertiary alicyclic amines) is 1. The molecule has 25 heavy (non-hydrogen) atoms. The van der Waals surface area contributed by atoms with Crippen LogP contribution in [0.25, 0.3) is 0 Å². The van der Waals surface area contributed by atoms with Gasteiger partial charge in [0, 0.05) is 36.8 Å². The number of hydrogen-bond acceptors (Lipinski definition) is 5. The summed E-state index contributed by atoms with van der Waals surface area (Å²) in [6.07, 6.45) is 4.18. The first-order valence-corrected chi connectivity index (χ1v) is 9.41.